The van der Waals surface area contributed by atoms with Crippen LogP contribution in [0, 0.1) is 10.1 Å². The molecule has 0 N–H and O–H groups in total. The summed E-state index contributed by atoms with van der Waals surface area (Å²) in [6.07, 6.45) is -4.66. The number of halogens is 3. The maximum absolute atomic E-state index is 13.0. The number of benzene rings is 3. The fraction of sp³-hybridized carbons (Fsp3) is 0.0526. The fourth-order valence-corrected chi connectivity index (χ4v) is 3.25. The standard InChI is InChI=1S/C19H9F3N2O4/c20-19(21,22)11-4-2-5-12(8-11)23-17(25)14-6-1-3-10-7-13(24(27)28)9-15(16(10)14)18(23)26/h1-9H. The smallest absolute Gasteiger partial charge is 0.268 e. The third-order valence-corrected chi connectivity index (χ3v) is 4.47. The molecule has 140 valence electrons. The van der Waals surface area contributed by atoms with Crippen LogP contribution in [0.5, 0.6) is 0 Å². The van der Waals surface area contributed by atoms with Gasteiger partial charge in [0.1, 0.15) is 0 Å². The Balaban J connectivity index is 1.95. The number of amides is 2. The quantitative estimate of drug-likeness (QED) is 0.367. The van der Waals surface area contributed by atoms with E-state index in [2.05, 4.69) is 0 Å². The van der Waals surface area contributed by atoms with Crippen molar-refractivity contribution in [3.63, 3.8) is 0 Å². The lowest BCUT2D eigenvalue weighted by Crippen LogP contribution is -2.40. The normalized spacial score (nSPS) is 13.9. The van der Waals surface area contributed by atoms with Gasteiger partial charge in [-0.1, -0.05) is 18.2 Å². The highest BCUT2D eigenvalue weighted by atomic mass is 19.4. The van der Waals surface area contributed by atoms with Gasteiger partial charge in [0.15, 0.2) is 0 Å². The maximum atomic E-state index is 13.0. The predicted octanol–water partition coefficient (Wildman–Crippen LogP) is 4.57. The molecule has 0 aromatic heterocycles. The molecule has 1 heterocycles. The van der Waals surface area contributed by atoms with Crippen LogP contribution in [-0.2, 0) is 6.18 Å². The molecule has 0 fully saturated rings. The summed E-state index contributed by atoms with van der Waals surface area (Å²) in [5.74, 6) is -1.71. The lowest BCUT2D eigenvalue weighted by Gasteiger charge is -2.27. The third-order valence-electron chi connectivity index (χ3n) is 4.47. The molecule has 0 aliphatic carbocycles. The lowest BCUT2D eigenvalue weighted by atomic mass is 9.93. The van der Waals surface area contributed by atoms with E-state index in [9.17, 15) is 32.9 Å². The van der Waals surface area contributed by atoms with E-state index in [0.29, 0.717) is 16.4 Å². The van der Waals surface area contributed by atoms with Gasteiger partial charge < -0.3 is 0 Å². The summed E-state index contributed by atoms with van der Waals surface area (Å²) in [5, 5.41) is 11.7. The molecule has 0 radical (unpaired) electrons. The van der Waals surface area contributed by atoms with Crippen LogP contribution in [0.15, 0.2) is 54.6 Å². The molecule has 0 saturated heterocycles. The van der Waals surface area contributed by atoms with Crippen molar-refractivity contribution in [2.75, 3.05) is 4.90 Å². The van der Waals surface area contributed by atoms with Crippen LogP contribution >= 0.6 is 0 Å². The first kappa shape index (κ1) is 17.7. The first-order chi connectivity index (χ1) is 13.2. The maximum Gasteiger partial charge on any atom is 0.416 e. The average Bonchev–Trinajstić information content (AvgIpc) is 2.65. The predicted molar refractivity (Wildman–Crippen MR) is 93.2 cm³/mol. The second kappa shape index (κ2) is 5.88. The highest BCUT2D eigenvalue weighted by Gasteiger charge is 2.37. The molecule has 1 aliphatic heterocycles. The van der Waals surface area contributed by atoms with Crippen LogP contribution in [0.4, 0.5) is 24.5 Å². The highest BCUT2D eigenvalue weighted by Crippen LogP contribution is 2.37. The molecule has 0 saturated carbocycles. The minimum atomic E-state index is -4.66. The van der Waals surface area contributed by atoms with E-state index in [-0.39, 0.29) is 27.9 Å². The van der Waals surface area contributed by atoms with E-state index in [1.165, 1.54) is 30.3 Å². The Kier molecular flexibility index (Phi) is 3.71. The summed E-state index contributed by atoms with van der Waals surface area (Å²) in [6, 6.07) is 10.5. The first-order valence-electron chi connectivity index (χ1n) is 7.95. The number of carbonyl (C=O) groups excluding carboxylic acids is 2. The second-order valence-corrected chi connectivity index (χ2v) is 6.15. The Labute approximate surface area is 154 Å². The van der Waals surface area contributed by atoms with Crippen molar-refractivity contribution < 1.29 is 27.7 Å². The van der Waals surface area contributed by atoms with Crippen molar-refractivity contribution in [1.82, 2.24) is 0 Å². The monoisotopic (exact) mass is 386 g/mol. The number of nitrogens with zero attached hydrogens (tertiary/aromatic N) is 2. The van der Waals surface area contributed by atoms with E-state index in [1.54, 1.807) is 0 Å². The third kappa shape index (κ3) is 2.59. The molecule has 9 heteroatoms. The van der Waals surface area contributed by atoms with Crippen molar-refractivity contribution in [2.24, 2.45) is 0 Å². The summed E-state index contributed by atoms with van der Waals surface area (Å²) in [5.41, 5.74) is -1.67. The topological polar surface area (TPSA) is 80.5 Å². The van der Waals surface area contributed by atoms with Gasteiger partial charge in [-0.25, -0.2) is 4.90 Å². The van der Waals surface area contributed by atoms with E-state index < -0.39 is 28.5 Å². The number of carbonyl (C=O) groups is 2. The van der Waals surface area contributed by atoms with Crippen LogP contribution in [0.25, 0.3) is 10.8 Å². The van der Waals surface area contributed by atoms with Gasteiger partial charge in [-0.2, -0.15) is 13.2 Å². The molecule has 3 aromatic carbocycles. The fourth-order valence-electron chi connectivity index (χ4n) is 3.25. The van der Waals surface area contributed by atoms with Gasteiger partial charge in [-0.3, -0.25) is 19.7 Å². The zero-order valence-electron chi connectivity index (χ0n) is 13.9. The minimum Gasteiger partial charge on any atom is -0.268 e. The Bertz CT molecular complexity index is 1190. The van der Waals surface area contributed by atoms with Gasteiger partial charge in [0, 0.05) is 23.1 Å². The number of hydrogen-bond acceptors (Lipinski definition) is 4. The molecule has 0 unspecified atom stereocenters. The van der Waals surface area contributed by atoms with Crippen molar-refractivity contribution in [2.45, 2.75) is 6.18 Å². The Morgan fingerprint density at radius 3 is 2.25 bits per heavy atom. The summed E-state index contributed by atoms with van der Waals surface area (Å²) < 4.78 is 39.1. The summed E-state index contributed by atoms with van der Waals surface area (Å²) in [4.78, 5) is 36.9. The molecule has 0 bridgehead atoms. The molecule has 3 aromatic rings. The number of nitro benzene ring substituents is 1. The highest BCUT2D eigenvalue weighted by molar-refractivity contribution is 6.36. The van der Waals surface area contributed by atoms with E-state index in [1.807, 2.05) is 0 Å². The molecule has 4 rings (SSSR count). The van der Waals surface area contributed by atoms with Gasteiger partial charge in [0.25, 0.3) is 17.5 Å². The molecule has 6 nitrogen and oxygen atoms in total. The van der Waals surface area contributed by atoms with Gasteiger partial charge in [-0.05, 0) is 29.7 Å². The van der Waals surface area contributed by atoms with Crippen LogP contribution in [-0.4, -0.2) is 16.7 Å². The number of imide groups is 1. The number of alkyl halides is 3. The molecule has 28 heavy (non-hydrogen) atoms. The van der Waals surface area contributed by atoms with Crippen molar-refractivity contribution in [1.29, 1.82) is 0 Å². The Morgan fingerprint density at radius 2 is 1.57 bits per heavy atom. The molecule has 0 spiro atoms. The van der Waals surface area contributed by atoms with Crippen molar-refractivity contribution in [3.8, 4) is 0 Å². The first-order valence-corrected chi connectivity index (χ1v) is 7.95. The minimum absolute atomic E-state index is 0.0828. The van der Waals surface area contributed by atoms with E-state index in [0.717, 1.165) is 18.2 Å². The summed E-state index contributed by atoms with van der Waals surface area (Å²) >= 11 is 0. The largest absolute Gasteiger partial charge is 0.416 e. The second-order valence-electron chi connectivity index (χ2n) is 6.15. The molecule has 1 aliphatic rings. The van der Waals surface area contributed by atoms with Crippen molar-refractivity contribution in [3.05, 3.63) is 81.4 Å². The van der Waals surface area contributed by atoms with Crippen LogP contribution in [0.3, 0.4) is 0 Å². The molecule has 0 atom stereocenters. The van der Waals surface area contributed by atoms with Gasteiger partial charge in [0.05, 0.1) is 21.7 Å². The van der Waals surface area contributed by atoms with E-state index in [4.69, 9.17) is 0 Å². The number of anilines is 1. The zero-order valence-corrected chi connectivity index (χ0v) is 13.9. The summed E-state index contributed by atoms with van der Waals surface area (Å²) in [7, 11) is 0. The Morgan fingerprint density at radius 1 is 0.893 bits per heavy atom. The van der Waals surface area contributed by atoms with Gasteiger partial charge in [-0.15, -0.1) is 0 Å². The number of nitro groups is 1. The van der Waals surface area contributed by atoms with Crippen LogP contribution in [0.1, 0.15) is 26.3 Å². The average molecular weight is 386 g/mol. The van der Waals surface area contributed by atoms with E-state index >= 15 is 0 Å². The van der Waals surface area contributed by atoms with Crippen LogP contribution < -0.4 is 4.90 Å². The zero-order chi connectivity index (χ0) is 20.2. The molecular formula is C19H9F3N2O4. The molecular weight excluding hydrogens is 377 g/mol. The van der Waals surface area contributed by atoms with Crippen molar-refractivity contribution >= 4 is 34.0 Å². The van der Waals surface area contributed by atoms with Gasteiger partial charge in [0.2, 0.25) is 0 Å². The van der Waals surface area contributed by atoms with Crippen LogP contribution in [0.2, 0.25) is 0 Å². The molecule has 2 amide bonds. The SMILES string of the molecule is O=C1c2cccc3cc([N+](=O)[O-])cc(c23)C(=O)N1c1cccc(C(F)(F)F)c1. The lowest BCUT2D eigenvalue weighted by molar-refractivity contribution is -0.384. The summed E-state index contributed by atoms with van der Waals surface area (Å²) in [6.45, 7) is 0. The van der Waals surface area contributed by atoms with Gasteiger partial charge >= 0.3 is 6.18 Å². The number of non-ortho nitro benzene ring substituents is 1. The number of hydrogen-bond donors (Lipinski definition) is 0. The Hall–Kier alpha value is -3.75. The number of rotatable bonds is 2.